The van der Waals surface area contributed by atoms with E-state index in [9.17, 15) is 0 Å². The Morgan fingerprint density at radius 3 is 3.07 bits per heavy atom. The third-order valence-electron chi connectivity index (χ3n) is 2.02. The molecule has 1 N–H and O–H groups in total. The summed E-state index contributed by atoms with van der Waals surface area (Å²) >= 11 is 8.27. The maximum Gasteiger partial charge on any atom is 0.143 e. The molecule has 2 aromatic heterocycles. The number of fused-ring (bicyclic) bond motifs is 1. The minimum atomic E-state index is 0.497. The third-order valence-corrected chi connectivity index (χ3v) is 3.14. The van der Waals surface area contributed by atoms with E-state index in [0.29, 0.717) is 24.0 Å². The van der Waals surface area contributed by atoms with E-state index in [2.05, 4.69) is 37.5 Å². The predicted octanol–water partition coefficient (Wildman–Crippen LogP) is 2.40. The molecule has 4 nitrogen and oxygen atoms in total. The molecule has 0 unspecified atom stereocenters. The van der Waals surface area contributed by atoms with E-state index in [1.54, 1.807) is 7.11 Å². The molecule has 0 aliphatic heterocycles. The average Bonchev–Trinajstić information content (AvgIpc) is 2.58. The number of aromatic amines is 1. The minimum Gasteiger partial charge on any atom is -0.384 e. The number of hydrogen-bond acceptors (Lipinski definition) is 3. The Labute approximate surface area is 106 Å². The van der Waals surface area contributed by atoms with Crippen LogP contribution in [0.4, 0.5) is 0 Å². The van der Waals surface area contributed by atoms with Crippen molar-refractivity contribution in [2.45, 2.75) is 6.42 Å². The fraction of sp³-hybridized carbons (Fsp3) is 0.333. The van der Waals surface area contributed by atoms with Gasteiger partial charge in [0.15, 0.2) is 0 Å². The molecule has 0 fully saturated rings. The number of hydrogen-bond donors (Lipinski definition) is 1. The molecule has 0 bridgehead atoms. The van der Waals surface area contributed by atoms with Crippen molar-refractivity contribution < 1.29 is 4.74 Å². The number of H-pyrrole nitrogens is 1. The number of halogens is 2. The van der Waals surface area contributed by atoms with Crippen molar-refractivity contribution in [2.24, 2.45) is 0 Å². The van der Waals surface area contributed by atoms with Gasteiger partial charge in [0.05, 0.1) is 12.0 Å². The van der Waals surface area contributed by atoms with Crippen LogP contribution in [0, 0.1) is 3.57 Å². The second-order valence-electron chi connectivity index (χ2n) is 3.03. The standard InChI is InChI=1S/C9H9ClIN3O/c1-15-3-2-6-13-8(10)7-5(11)4-12-9(7)14-6/h4H,2-3H2,1H3,(H,12,13,14). The Balaban J connectivity index is 2.44. The summed E-state index contributed by atoms with van der Waals surface area (Å²) in [6.45, 7) is 0.597. The van der Waals surface area contributed by atoms with Gasteiger partial charge in [0.25, 0.3) is 0 Å². The third kappa shape index (κ3) is 2.24. The second-order valence-corrected chi connectivity index (χ2v) is 4.55. The Bertz CT molecular complexity index is 485. The van der Waals surface area contributed by atoms with Crippen molar-refractivity contribution in [3.05, 3.63) is 20.7 Å². The molecular formula is C9H9ClIN3O. The van der Waals surface area contributed by atoms with Crippen molar-refractivity contribution in [3.63, 3.8) is 0 Å². The molecule has 2 aromatic rings. The summed E-state index contributed by atoms with van der Waals surface area (Å²) in [5, 5.41) is 1.38. The van der Waals surface area contributed by atoms with Gasteiger partial charge in [-0.2, -0.15) is 0 Å². The maximum absolute atomic E-state index is 6.07. The Hall–Kier alpha value is -0.400. The van der Waals surface area contributed by atoms with Crippen LogP contribution in [0.1, 0.15) is 5.82 Å². The topological polar surface area (TPSA) is 50.8 Å². The lowest BCUT2D eigenvalue weighted by Gasteiger charge is -2.00. The first-order valence-corrected chi connectivity index (χ1v) is 5.86. The zero-order chi connectivity index (χ0) is 10.8. The van der Waals surface area contributed by atoms with Crippen molar-refractivity contribution in [2.75, 3.05) is 13.7 Å². The van der Waals surface area contributed by atoms with Crippen LogP contribution in [0.15, 0.2) is 6.20 Å². The van der Waals surface area contributed by atoms with Crippen molar-refractivity contribution in [1.29, 1.82) is 0 Å². The quantitative estimate of drug-likeness (QED) is 0.691. The summed E-state index contributed by atoms with van der Waals surface area (Å²) in [6.07, 6.45) is 2.54. The number of rotatable bonds is 3. The zero-order valence-corrected chi connectivity index (χ0v) is 11.0. The molecule has 0 aliphatic rings. The van der Waals surface area contributed by atoms with Gasteiger partial charge in [-0.1, -0.05) is 11.6 Å². The highest BCUT2D eigenvalue weighted by Crippen LogP contribution is 2.25. The normalized spacial score (nSPS) is 11.1. The van der Waals surface area contributed by atoms with Gasteiger partial charge in [0, 0.05) is 23.3 Å². The van der Waals surface area contributed by atoms with E-state index in [1.807, 2.05) is 6.20 Å². The highest BCUT2D eigenvalue weighted by Gasteiger charge is 2.10. The van der Waals surface area contributed by atoms with Crippen LogP contribution in [-0.4, -0.2) is 28.7 Å². The molecule has 2 heterocycles. The average molecular weight is 338 g/mol. The van der Waals surface area contributed by atoms with E-state index in [4.69, 9.17) is 16.3 Å². The number of ether oxygens (including phenoxy) is 1. The van der Waals surface area contributed by atoms with Crippen LogP contribution in [0.5, 0.6) is 0 Å². The van der Waals surface area contributed by atoms with Gasteiger partial charge >= 0.3 is 0 Å². The monoisotopic (exact) mass is 337 g/mol. The molecule has 0 atom stereocenters. The predicted molar refractivity (Wildman–Crippen MR) is 67.2 cm³/mol. The minimum absolute atomic E-state index is 0.497. The first kappa shape index (κ1) is 11.1. The van der Waals surface area contributed by atoms with E-state index in [0.717, 1.165) is 14.6 Å². The first-order valence-electron chi connectivity index (χ1n) is 4.40. The highest BCUT2D eigenvalue weighted by molar-refractivity contribution is 14.1. The lowest BCUT2D eigenvalue weighted by Crippen LogP contribution is -2.01. The maximum atomic E-state index is 6.07. The summed E-state index contributed by atoms with van der Waals surface area (Å²) in [4.78, 5) is 11.6. The Kier molecular flexibility index (Phi) is 3.42. The van der Waals surface area contributed by atoms with Crippen molar-refractivity contribution >= 4 is 45.2 Å². The van der Waals surface area contributed by atoms with Gasteiger partial charge in [0.1, 0.15) is 16.6 Å². The molecule has 0 aliphatic carbocycles. The van der Waals surface area contributed by atoms with Crippen LogP contribution >= 0.6 is 34.2 Å². The van der Waals surface area contributed by atoms with E-state index < -0.39 is 0 Å². The van der Waals surface area contributed by atoms with Crippen LogP contribution in [0.2, 0.25) is 5.15 Å². The summed E-state index contributed by atoms with van der Waals surface area (Å²) in [7, 11) is 1.65. The van der Waals surface area contributed by atoms with Gasteiger partial charge in [-0.05, 0) is 22.6 Å². The number of nitrogens with one attached hydrogen (secondary N) is 1. The fourth-order valence-electron chi connectivity index (χ4n) is 1.30. The van der Waals surface area contributed by atoms with Crippen LogP contribution < -0.4 is 0 Å². The van der Waals surface area contributed by atoms with Gasteiger partial charge in [-0.3, -0.25) is 0 Å². The van der Waals surface area contributed by atoms with E-state index in [-0.39, 0.29) is 0 Å². The van der Waals surface area contributed by atoms with Gasteiger partial charge < -0.3 is 9.72 Å². The molecule has 6 heteroatoms. The summed E-state index contributed by atoms with van der Waals surface area (Å²) in [6, 6.07) is 0. The van der Waals surface area contributed by atoms with Gasteiger partial charge in [-0.15, -0.1) is 0 Å². The highest BCUT2D eigenvalue weighted by atomic mass is 127. The molecule has 0 saturated carbocycles. The number of nitrogens with zero attached hydrogens (tertiary/aromatic N) is 2. The van der Waals surface area contributed by atoms with E-state index >= 15 is 0 Å². The SMILES string of the molecule is COCCc1nc(Cl)c2c(I)c[nH]c2n1. The summed E-state index contributed by atoms with van der Waals surface area (Å²) in [5.74, 6) is 0.701. The summed E-state index contributed by atoms with van der Waals surface area (Å²) in [5.41, 5.74) is 0.783. The first-order chi connectivity index (χ1) is 7.22. The lowest BCUT2D eigenvalue weighted by molar-refractivity contribution is 0.200. The molecule has 0 saturated heterocycles. The van der Waals surface area contributed by atoms with Crippen molar-refractivity contribution in [3.8, 4) is 0 Å². The Morgan fingerprint density at radius 2 is 2.33 bits per heavy atom. The molecule has 2 rings (SSSR count). The van der Waals surface area contributed by atoms with Crippen LogP contribution in [-0.2, 0) is 11.2 Å². The molecule has 0 amide bonds. The van der Waals surface area contributed by atoms with Gasteiger partial charge in [0.2, 0.25) is 0 Å². The zero-order valence-electron chi connectivity index (χ0n) is 8.05. The van der Waals surface area contributed by atoms with Crippen LogP contribution in [0.25, 0.3) is 11.0 Å². The summed E-state index contributed by atoms with van der Waals surface area (Å²) < 4.78 is 6.00. The molecule has 0 aromatic carbocycles. The van der Waals surface area contributed by atoms with Crippen LogP contribution in [0.3, 0.4) is 0 Å². The van der Waals surface area contributed by atoms with E-state index in [1.165, 1.54) is 0 Å². The van der Waals surface area contributed by atoms with Crippen molar-refractivity contribution in [1.82, 2.24) is 15.0 Å². The number of methoxy groups -OCH3 is 1. The van der Waals surface area contributed by atoms with Gasteiger partial charge in [-0.25, -0.2) is 9.97 Å². The largest absolute Gasteiger partial charge is 0.384 e. The Morgan fingerprint density at radius 1 is 1.53 bits per heavy atom. The second kappa shape index (κ2) is 4.63. The molecule has 15 heavy (non-hydrogen) atoms. The fourth-order valence-corrected chi connectivity index (χ4v) is 2.42. The smallest absolute Gasteiger partial charge is 0.143 e. The molecule has 0 radical (unpaired) electrons. The molecule has 0 spiro atoms. The lowest BCUT2D eigenvalue weighted by atomic mass is 10.4. The molecule has 80 valence electrons. The molecular weight excluding hydrogens is 328 g/mol. The number of aromatic nitrogens is 3.